The summed E-state index contributed by atoms with van der Waals surface area (Å²) in [5, 5.41) is 3.73. The molecule has 0 saturated carbocycles. The molecule has 0 fully saturated rings. The lowest BCUT2D eigenvalue weighted by Gasteiger charge is -2.22. The van der Waals surface area contributed by atoms with Gasteiger partial charge in [-0.2, -0.15) is 0 Å². The van der Waals surface area contributed by atoms with E-state index in [2.05, 4.69) is 19.0 Å². The minimum atomic E-state index is -0.128. The third kappa shape index (κ3) is 4.19. The van der Waals surface area contributed by atoms with Gasteiger partial charge in [-0.15, -0.1) is 0 Å². The second kappa shape index (κ2) is 6.39. The molecule has 96 valence electrons. The van der Waals surface area contributed by atoms with E-state index in [4.69, 9.17) is 9.26 Å². The van der Waals surface area contributed by atoms with Crippen LogP contribution in [0.3, 0.4) is 0 Å². The summed E-state index contributed by atoms with van der Waals surface area (Å²) >= 11 is 0. The van der Waals surface area contributed by atoms with Crippen LogP contribution in [0.25, 0.3) is 0 Å². The molecule has 0 saturated heterocycles. The summed E-state index contributed by atoms with van der Waals surface area (Å²) in [6, 6.07) is 1.66. The minimum Gasteiger partial charge on any atom is -0.383 e. The Bertz CT molecular complexity index is 360. The first-order valence-corrected chi connectivity index (χ1v) is 5.76. The molecule has 1 rings (SSSR count). The van der Waals surface area contributed by atoms with E-state index in [0.29, 0.717) is 37.1 Å². The van der Waals surface area contributed by atoms with E-state index >= 15 is 0 Å². The molecule has 17 heavy (non-hydrogen) atoms. The van der Waals surface area contributed by atoms with E-state index < -0.39 is 0 Å². The van der Waals surface area contributed by atoms with Gasteiger partial charge in [-0.25, -0.2) is 0 Å². The number of aryl methyl sites for hydroxylation is 1. The highest BCUT2D eigenvalue weighted by molar-refractivity contribution is 5.91. The summed E-state index contributed by atoms with van der Waals surface area (Å²) < 4.78 is 9.99. The maximum atomic E-state index is 12.1. The van der Waals surface area contributed by atoms with Crippen molar-refractivity contribution in [3.63, 3.8) is 0 Å². The second-order valence-corrected chi connectivity index (χ2v) is 4.47. The zero-order chi connectivity index (χ0) is 12.8. The first-order chi connectivity index (χ1) is 8.04. The van der Waals surface area contributed by atoms with Crippen molar-refractivity contribution in [1.82, 2.24) is 10.1 Å². The molecule has 5 heteroatoms. The van der Waals surface area contributed by atoms with Crippen LogP contribution in [-0.4, -0.2) is 42.8 Å². The molecule has 0 bridgehead atoms. The molecule has 0 unspecified atom stereocenters. The predicted molar refractivity (Wildman–Crippen MR) is 63.9 cm³/mol. The molecule has 0 atom stereocenters. The van der Waals surface area contributed by atoms with E-state index in [1.165, 1.54) is 0 Å². The van der Waals surface area contributed by atoms with Crippen molar-refractivity contribution in [3.05, 3.63) is 17.5 Å². The van der Waals surface area contributed by atoms with Crippen molar-refractivity contribution >= 4 is 5.91 Å². The lowest BCUT2D eigenvalue weighted by molar-refractivity contribution is 0.0632. The third-order valence-electron chi connectivity index (χ3n) is 2.28. The van der Waals surface area contributed by atoms with Gasteiger partial charge < -0.3 is 14.2 Å². The molecule has 5 nitrogen and oxygen atoms in total. The lowest BCUT2D eigenvalue weighted by atomic mass is 10.2. The van der Waals surface area contributed by atoms with Crippen molar-refractivity contribution < 1.29 is 14.1 Å². The van der Waals surface area contributed by atoms with Gasteiger partial charge in [0.2, 0.25) is 5.76 Å². The van der Waals surface area contributed by atoms with Crippen LogP contribution in [0, 0.1) is 12.8 Å². The van der Waals surface area contributed by atoms with Gasteiger partial charge in [0.1, 0.15) is 0 Å². The largest absolute Gasteiger partial charge is 0.383 e. The molecule has 0 radical (unpaired) electrons. The summed E-state index contributed by atoms with van der Waals surface area (Å²) in [4.78, 5) is 13.9. The van der Waals surface area contributed by atoms with Crippen molar-refractivity contribution in [2.45, 2.75) is 20.8 Å². The number of carbonyl (C=O) groups is 1. The highest BCUT2D eigenvalue weighted by Crippen LogP contribution is 2.09. The topological polar surface area (TPSA) is 55.6 Å². The summed E-state index contributed by atoms with van der Waals surface area (Å²) in [7, 11) is 1.62. The molecule has 1 amide bonds. The monoisotopic (exact) mass is 240 g/mol. The molecule has 0 N–H and O–H groups in total. The van der Waals surface area contributed by atoms with Gasteiger partial charge >= 0.3 is 0 Å². The molecular weight excluding hydrogens is 220 g/mol. The van der Waals surface area contributed by atoms with Crippen molar-refractivity contribution in [2.24, 2.45) is 5.92 Å². The van der Waals surface area contributed by atoms with Crippen LogP contribution in [0.15, 0.2) is 10.6 Å². The van der Waals surface area contributed by atoms with Gasteiger partial charge in [-0.05, 0) is 12.8 Å². The summed E-state index contributed by atoms with van der Waals surface area (Å²) in [6.45, 7) is 7.69. The van der Waals surface area contributed by atoms with Gasteiger partial charge in [0.25, 0.3) is 5.91 Å². The molecule has 0 aliphatic rings. The van der Waals surface area contributed by atoms with Crippen LogP contribution in [0.4, 0.5) is 0 Å². The van der Waals surface area contributed by atoms with Gasteiger partial charge in [-0.3, -0.25) is 4.79 Å². The molecular formula is C12H20N2O3. The molecule has 1 aromatic rings. The number of hydrogen-bond acceptors (Lipinski definition) is 4. The van der Waals surface area contributed by atoms with Gasteiger partial charge in [0, 0.05) is 26.3 Å². The number of hydrogen-bond donors (Lipinski definition) is 0. The number of rotatable bonds is 6. The van der Waals surface area contributed by atoms with Crippen LogP contribution in [0.1, 0.15) is 30.1 Å². The van der Waals surface area contributed by atoms with Crippen LogP contribution in [0.5, 0.6) is 0 Å². The number of nitrogens with zero attached hydrogens (tertiary/aromatic N) is 2. The van der Waals surface area contributed by atoms with E-state index in [-0.39, 0.29) is 5.91 Å². The van der Waals surface area contributed by atoms with E-state index in [9.17, 15) is 4.79 Å². The van der Waals surface area contributed by atoms with E-state index in [1.54, 1.807) is 25.0 Å². The fourth-order valence-corrected chi connectivity index (χ4v) is 1.54. The summed E-state index contributed by atoms with van der Waals surface area (Å²) in [5.74, 6) is 0.565. The first kappa shape index (κ1) is 13.7. The van der Waals surface area contributed by atoms with Gasteiger partial charge in [0.15, 0.2) is 0 Å². The fraction of sp³-hybridized carbons (Fsp3) is 0.667. The van der Waals surface area contributed by atoms with Gasteiger partial charge in [-0.1, -0.05) is 19.0 Å². The third-order valence-corrected chi connectivity index (χ3v) is 2.28. The highest BCUT2D eigenvalue weighted by Gasteiger charge is 2.20. The Labute approximate surface area is 102 Å². The second-order valence-electron chi connectivity index (χ2n) is 4.47. The predicted octanol–water partition coefficient (Wildman–Crippen LogP) is 1.73. The van der Waals surface area contributed by atoms with Crippen LogP contribution in [-0.2, 0) is 4.74 Å². The first-order valence-electron chi connectivity index (χ1n) is 5.76. The summed E-state index contributed by atoms with van der Waals surface area (Å²) in [6.07, 6.45) is 0. The zero-order valence-electron chi connectivity index (χ0n) is 10.9. The number of carbonyl (C=O) groups excluding carboxylic acids is 1. The van der Waals surface area contributed by atoms with Crippen molar-refractivity contribution in [2.75, 3.05) is 26.8 Å². The normalized spacial score (nSPS) is 10.9. The summed E-state index contributed by atoms with van der Waals surface area (Å²) in [5.41, 5.74) is 0.713. The standard InChI is InChI=1S/C12H20N2O3/c1-9(2)8-14(5-6-16-4)12(15)11-7-10(3)13-17-11/h7,9H,5-6,8H2,1-4H3. The quantitative estimate of drug-likeness (QED) is 0.759. The molecule has 0 aliphatic carbocycles. The molecule has 1 heterocycles. The maximum Gasteiger partial charge on any atom is 0.292 e. The SMILES string of the molecule is COCCN(CC(C)C)C(=O)c1cc(C)no1. The van der Waals surface area contributed by atoms with E-state index in [1.807, 2.05) is 0 Å². The number of amides is 1. The Hall–Kier alpha value is -1.36. The molecule has 0 aromatic carbocycles. The van der Waals surface area contributed by atoms with Crippen LogP contribution in [0.2, 0.25) is 0 Å². The van der Waals surface area contributed by atoms with Crippen LogP contribution < -0.4 is 0 Å². The molecule has 1 aromatic heterocycles. The van der Waals surface area contributed by atoms with Crippen LogP contribution >= 0.6 is 0 Å². The van der Waals surface area contributed by atoms with Gasteiger partial charge in [0.05, 0.1) is 12.3 Å². The van der Waals surface area contributed by atoms with Crippen molar-refractivity contribution in [3.8, 4) is 0 Å². The highest BCUT2D eigenvalue weighted by atomic mass is 16.5. The number of aromatic nitrogens is 1. The fourth-order valence-electron chi connectivity index (χ4n) is 1.54. The number of methoxy groups -OCH3 is 1. The number of ether oxygens (including phenoxy) is 1. The molecule has 0 aliphatic heterocycles. The Morgan fingerprint density at radius 1 is 1.59 bits per heavy atom. The lowest BCUT2D eigenvalue weighted by Crippen LogP contribution is -2.36. The smallest absolute Gasteiger partial charge is 0.292 e. The minimum absolute atomic E-state index is 0.128. The average molecular weight is 240 g/mol. The maximum absolute atomic E-state index is 12.1. The average Bonchev–Trinajstić information content (AvgIpc) is 2.69. The van der Waals surface area contributed by atoms with Crippen molar-refractivity contribution in [1.29, 1.82) is 0 Å². The molecule has 0 spiro atoms. The Morgan fingerprint density at radius 2 is 2.29 bits per heavy atom. The zero-order valence-corrected chi connectivity index (χ0v) is 10.9. The Balaban J connectivity index is 2.71. The van der Waals surface area contributed by atoms with E-state index in [0.717, 1.165) is 0 Å². The Kier molecular flexibility index (Phi) is 5.15. The Morgan fingerprint density at radius 3 is 2.76 bits per heavy atom.